The average molecular weight is 513 g/mol. The molecule has 2 amide bonds. The molecule has 0 fully saturated rings. The minimum absolute atomic E-state index is 0.170. The summed E-state index contributed by atoms with van der Waals surface area (Å²) in [5.41, 5.74) is 4.37. The number of amides is 2. The first-order chi connectivity index (χ1) is 17.1. The molecule has 188 valence electrons. The molecule has 3 aromatic carbocycles. The highest BCUT2D eigenvalue weighted by atomic mass is 32.2. The monoisotopic (exact) mass is 512 g/mol. The first-order valence-corrected chi connectivity index (χ1v) is 12.6. The van der Waals surface area contributed by atoms with Gasteiger partial charge in [-0.05, 0) is 61.0 Å². The molecule has 0 spiro atoms. The molecule has 0 aliphatic rings. The van der Waals surface area contributed by atoms with Crippen LogP contribution in [0.5, 0.6) is 5.75 Å². The highest BCUT2D eigenvalue weighted by molar-refractivity contribution is 7.92. The molecule has 0 saturated carbocycles. The molecule has 0 atom stereocenters. The molecule has 9 nitrogen and oxygen atoms in total. The molecular formula is C25H25FN4O5S. The van der Waals surface area contributed by atoms with Gasteiger partial charge in [0, 0.05) is 5.69 Å². The number of sulfonamides is 1. The Kier molecular flexibility index (Phi) is 8.74. The first kappa shape index (κ1) is 26.4. The van der Waals surface area contributed by atoms with Crippen LogP contribution >= 0.6 is 0 Å². The van der Waals surface area contributed by atoms with Gasteiger partial charge in [-0.15, -0.1) is 0 Å². The fraction of sp³-hybridized carbons (Fsp3) is 0.160. The molecule has 0 heterocycles. The zero-order valence-electron chi connectivity index (χ0n) is 19.6. The molecule has 0 aliphatic heterocycles. The Morgan fingerprint density at radius 1 is 1.00 bits per heavy atom. The van der Waals surface area contributed by atoms with Gasteiger partial charge in [-0.3, -0.25) is 13.9 Å². The largest absolute Gasteiger partial charge is 0.484 e. The molecule has 3 rings (SSSR count). The second-order valence-electron chi connectivity index (χ2n) is 7.79. The Labute approximate surface area is 208 Å². The van der Waals surface area contributed by atoms with E-state index < -0.39 is 28.3 Å². The van der Waals surface area contributed by atoms with E-state index in [0.29, 0.717) is 21.3 Å². The van der Waals surface area contributed by atoms with Crippen molar-refractivity contribution in [3.05, 3.63) is 89.7 Å². The Morgan fingerprint density at radius 3 is 2.31 bits per heavy atom. The molecule has 2 N–H and O–H groups in total. The van der Waals surface area contributed by atoms with Gasteiger partial charge in [0.05, 0.1) is 18.2 Å². The number of hydrazone groups is 1. The average Bonchev–Trinajstić information content (AvgIpc) is 2.83. The van der Waals surface area contributed by atoms with Crippen molar-refractivity contribution in [3.8, 4) is 5.75 Å². The number of nitrogens with one attached hydrogen (secondary N) is 2. The molecule has 0 bridgehead atoms. The lowest BCUT2D eigenvalue weighted by molar-refractivity contribution is -0.119. The number of halogens is 1. The number of carbonyl (C=O) groups is 2. The Hall–Kier alpha value is -4.25. The summed E-state index contributed by atoms with van der Waals surface area (Å²) in [5.74, 6) is -1.36. The summed E-state index contributed by atoms with van der Waals surface area (Å²) in [7, 11) is -3.91. The molecule has 0 radical (unpaired) electrons. The van der Waals surface area contributed by atoms with Gasteiger partial charge in [-0.25, -0.2) is 18.2 Å². The minimum atomic E-state index is -3.91. The maximum atomic E-state index is 14.0. The lowest BCUT2D eigenvalue weighted by Gasteiger charge is -2.21. The number of benzene rings is 3. The fourth-order valence-corrected chi connectivity index (χ4v) is 3.87. The third-order valence-electron chi connectivity index (χ3n) is 4.80. The molecule has 36 heavy (non-hydrogen) atoms. The summed E-state index contributed by atoms with van der Waals surface area (Å²) in [6, 6.07) is 19.2. The van der Waals surface area contributed by atoms with Crippen LogP contribution in [0.4, 0.5) is 15.8 Å². The lowest BCUT2D eigenvalue weighted by atomic mass is 10.2. The van der Waals surface area contributed by atoms with E-state index in [0.717, 1.165) is 17.9 Å². The van der Waals surface area contributed by atoms with E-state index >= 15 is 0 Å². The van der Waals surface area contributed by atoms with Crippen LogP contribution in [0.1, 0.15) is 11.1 Å². The topological polar surface area (TPSA) is 117 Å². The van der Waals surface area contributed by atoms with E-state index in [2.05, 4.69) is 15.8 Å². The Bertz CT molecular complexity index is 1340. The summed E-state index contributed by atoms with van der Waals surface area (Å²) in [6.07, 6.45) is 2.23. The summed E-state index contributed by atoms with van der Waals surface area (Å²) in [6.45, 7) is 1.14. The van der Waals surface area contributed by atoms with Gasteiger partial charge < -0.3 is 10.1 Å². The standard InChI is InChI=1S/C25H25FN4O5S/c1-18-7-11-20(12-8-18)28-25(32)17-35-21-13-9-19(10-14-21)15-27-29-24(31)16-30(36(2,33)34)23-6-4-3-5-22(23)26/h3-15H,16-17H2,1-2H3,(H,28,32)(H,29,31)/b27-15+. The van der Waals surface area contributed by atoms with Crippen LogP contribution in [0.25, 0.3) is 0 Å². The van der Waals surface area contributed by atoms with E-state index in [4.69, 9.17) is 4.74 Å². The van der Waals surface area contributed by atoms with Crippen LogP contribution in [-0.4, -0.2) is 45.9 Å². The zero-order valence-corrected chi connectivity index (χ0v) is 20.5. The van der Waals surface area contributed by atoms with Gasteiger partial charge in [0.15, 0.2) is 6.61 Å². The number of anilines is 2. The van der Waals surface area contributed by atoms with Crippen molar-refractivity contribution in [2.75, 3.05) is 29.0 Å². The fourth-order valence-electron chi connectivity index (χ4n) is 3.01. The minimum Gasteiger partial charge on any atom is -0.484 e. The van der Waals surface area contributed by atoms with Crippen LogP contribution in [-0.2, 0) is 19.6 Å². The van der Waals surface area contributed by atoms with Gasteiger partial charge in [0.1, 0.15) is 18.1 Å². The van der Waals surface area contributed by atoms with Crippen LogP contribution in [0, 0.1) is 12.7 Å². The number of nitrogens with zero attached hydrogens (tertiary/aromatic N) is 2. The highest BCUT2D eigenvalue weighted by Crippen LogP contribution is 2.21. The van der Waals surface area contributed by atoms with E-state index in [1.807, 2.05) is 19.1 Å². The number of hydrogen-bond acceptors (Lipinski definition) is 6. The summed E-state index contributed by atoms with van der Waals surface area (Å²) >= 11 is 0. The van der Waals surface area contributed by atoms with Gasteiger partial charge >= 0.3 is 0 Å². The normalized spacial score (nSPS) is 11.2. The van der Waals surface area contributed by atoms with Crippen molar-refractivity contribution >= 4 is 39.4 Å². The van der Waals surface area contributed by atoms with Gasteiger partial charge in [0.2, 0.25) is 10.0 Å². The maximum absolute atomic E-state index is 14.0. The van der Waals surface area contributed by atoms with E-state index in [1.54, 1.807) is 36.4 Å². The zero-order chi connectivity index (χ0) is 26.1. The van der Waals surface area contributed by atoms with Crippen molar-refractivity contribution in [1.29, 1.82) is 0 Å². The summed E-state index contributed by atoms with van der Waals surface area (Å²) in [4.78, 5) is 24.2. The van der Waals surface area contributed by atoms with E-state index in [9.17, 15) is 22.4 Å². The highest BCUT2D eigenvalue weighted by Gasteiger charge is 2.23. The number of hydrogen-bond donors (Lipinski definition) is 2. The smallest absolute Gasteiger partial charge is 0.262 e. The van der Waals surface area contributed by atoms with Crippen molar-refractivity contribution in [1.82, 2.24) is 5.43 Å². The van der Waals surface area contributed by atoms with Crippen molar-refractivity contribution in [3.63, 3.8) is 0 Å². The summed E-state index contributed by atoms with van der Waals surface area (Å²) in [5, 5.41) is 6.54. The van der Waals surface area contributed by atoms with Crippen molar-refractivity contribution in [2.45, 2.75) is 6.92 Å². The predicted molar refractivity (Wildman–Crippen MR) is 136 cm³/mol. The third-order valence-corrected chi connectivity index (χ3v) is 5.92. The Morgan fingerprint density at radius 2 is 1.67 bits per heavy atom. The number of rotatable bonds is 10. The lowest BCUT2D eigenvalue weighted by Crippen LogP contribution is -2.39. The second-order valence-corrected chi connectivity index (χ2v) is 9.69. The predicted octanol–water partition coefficient (Wildman–Crippen LogP) is 3.07. The maximum Gasteiger partial charge on any atom is 0.262 e. The van der Waals surface area contributed by atoms with Crippen LogP contribution in [0.3, 0.4) is 0 Å². The number of aryl methyl sites for hydroxylation is 1. The molecule has 0 saturated heterocycles. The SMILES string of the molecule is Cc1ccc(NC(=O)COc2ccc(/C=N/NC(=O)CN(c3ccccc3F)S(C)(=O)=O)cc2)cc1. The Balaban J connectivity index is 1.50. The number of para-hydroxylation sites is 1. The van der Waals surface area contributed by atoms with Gasteiger partial charge in [-0.1, -0.05) is 29.8 Å². The molecule has 0 unspecified atom stereocenters. The van der Waals surface area contributed by atoms with Crippen molar-refractivity contribution < 1.29 is 27.1 Å². The summed E-state index contributed by atoms with van der Waals surface area (Å²) < 4.78 is 44.3. The van der Waals surface area contributed by atoms with Crippen LogP contribution in [0.2, 0.25) is 0 Å². The molecule has 0 aromatic heterocycles. The molecule has 11 heteroatoms. The van der Waals surface area contributed by atoms with Crippen molar-refractivity contribution in [2.24, 2.45) is 5.10 Å². The number of carbonyl (C=O) groups excluding carboxylic acids is 2. The van der Waals surface area contributed by atoms with E-state index in [-0.39, 0.29) is 18.2 Å². The quantitative estimate of drug-likeness (QED) is 0.320. The van der Waals surface area contributed by atoms with Gasteiger partial charge in [0.25, 0.3) is 11.8 Å². The van der Waals surface area contributed by atoms with Crippen LogP contribution in [0.15, 0.2) is 77.9 Å². The first-order valence-electron chi connectivity index (χ1n) is 10.8. The van der Waals surface area contributed by atoms with Gasteiger partial charge in [-0.2, -0.15) is 5.10 Å². The molecule has 3 aromatic rings. The third kappa shape index (κ3) is 7.91. The molecule has 0 aliphatic carbocycles. The second kappa shape index (κ2) is 11.9. The number of ether oxygens (including phenoxy) is 1. The van der Waals surface area contributed by atoms with Crippen LogP contribution < -0.4 is 19.8 Å². The van der Waals surface area contributed by atoms with E-state index in [1.165, 1.54) is 24.4 Å². The molecular weight excluding hydrogens is 487 g/mol.